The molecule has 72 valence electrons. The summed E-state index contributed by atoms with van der Waals surface area (Å²) in [5.74, 6) is 0.800. The SMILES string of the molecule is Cc1nnc(-c2ccc(N)nc2N)s1. The van der Waals surface area contributed by atoms with Crippen LogP contribution in [0.1, 0.15) is 5.01 Å². The van der Waals surface area contributed by atoms with Crippen LogP contribution in [-0.4, -0.2) is 15.2 Å². The Morgan fingerprint density at radius 1 is 1.21 bits per heavy atom. The number of nitrogens with two attached hydrogens (primary N) is 2. The maximum atomic E-state index is 5.71. The van der Waals surface area contributed by atoms with Crippen molar-refractivity contribution in [3.63, 3.8) is 0 Å². The molecular weight excluding hydrogens is 198 g/mol. The van der Waals surface area contributed by atoms with Crippen molar-refractivity contribution >= 4 is 23.0 Å². The average Bonchev–Trinajstić information content (AvgIpc) is 2.51. The van der Waals surface area contributed by atoms with Gasteiger partial charge >= 0.3 is 0 Å². The molecule has 5 nitrogen and oxygen atoms in total. The van der Waals surface area contributed by atoms with Crippen LogP contribution in [0.2, 0.25) is 0 Å². The summed E-state index contributed by atoms with van der Waals surface area (Å²) in [4.78, 5) is 3.95. The van der Waals surface area contributed by atoms with E-state index in [4.69, 9.17) is 11.5 Å². The number of nitrogens with zero attached hydrogens (tertiary/aromatic N) is 3. The molecule has 2 aromatic heterocycles. The van der Waals surface area contributed by atoms with E-state index in [0.29, 0.717) is 11.6 Å². The van der Waals surface area contributed by atoms with Gasteiger partial charge in [0.15, 0.2) is 5.01 Å². The topological polar surface area (TPSA) is 90.7 Å². The summed E-state index contributed by atoms with van der Waals surface area (Å²) in [6, 6.07) is 3.50. The van der Waals surface area contributed by atoms with Crippen LogP contribution in [-0.2, 0) is 0 Å². The van der Waals surface area contributed by atoms with E-state index < -0.39 is 0 Å². The van der Waals surface area contributed by atoms with Crippen LogP contribution in [0.5, 0.6) is 0 Å². The number of pyridine rings is 1. The van der Waals surface area contributed by atoms with Gasteiger partial charge in [0.1, 0.15) is 16.6 Å². The third-order valence-electron chi connectivity index (χ3n) is 1.70. The number of aryl methyl sites for hydroxylation is 1. The quantitative estimate of drug-likeness (QED) is 0.730. The number of hydrogen-bond donors (Lipinski definition) is 2. The fourth-order valence-electron chi connectivity index (χ4n) is 1.08. The van der Waals surface area contributed by atoms with Crippen molar-refractivity contribution in [3.8, 4) is 10.6 Å². The zero-order valence-corrected chi connectivity index (χ0v) is 8.38. The molecule has 0 atom stereocenters. The van der Waals surface area contributed by atoms with Crippen LogP contribution in [0.25, 0.3) is 10.6 Å². The average molecular weight is 207 g/mol. The van der Waals surface area contributed by atoms with Crippen molar-refractivity contribution in [3.05, 3.63) is 17.1 Å². The van der Waals surface area contributed by atoms with Crippen molar-refractivity contribution in [1.82, 2.24) is 15.2 Å². The molecule has 14 heavy (non-hydrogen) atoms. The molecule has 0 amide bonds. The number of anilines is 2. The molecule has 0 saturated carbocycles. The predicted molar refractivity (Wildman–Crippen MR) is 56.7 cm³/mol. The Hall–Kier alpha value is -1.69. The van der Waals surface area contributed by atoms with Crippen LogP contribution < -0.4 is 11.5 Å². The van der Waals surface area contributed by atoms with E-state index in [1.807, 2.05) is 6.92 Å². The highest BCUT2D eigenvalue weighted by Gasteiger charge is 2.08. The van der Waals surface area contributed by atoms with Gasteiger partial charge in [0, 0.05) is 0 Å². The van der Waals surface area contributed by atoms with E-state index in [0.717, 1.165) is 15.6 Å². The fraction of sp³-hybridized carbons (Fsp3) is 0.125. The number of rotatable bonds is 1. The molecule has 0 radical (unpaired) electrons. The summed E-state index contributed by atoms with van der Waals surface area (Å²) in [6.07, 6.45) is 0. The molecule has 2 rings (SSSR count). The Kier molecular flexibility index (Phi) is 2.05. The molecule has 6 heteroatoms. The molecule has 0 fully saturated rings. The summed E-state index contributed by atoms with van der Waals surface area (Å²) >= 11 is 1.48. The normalized spacial score (nSPS) is 10.4. The standard InChI is InChI=1S/C8H9N5S/c1-4-12-13-8(14-4)5-2-3-6(9)11-7(5)10/h2-3H,1H3,(H4,9,10,11). The first-order chi connectivity index (χ1) is 6.66. The molecule has 0 bridgehead atoms. The molecule has 0 aliphatic heterocycles. The van der Waals surface area contributed by atoms with Gasteiger partial charge in [-0.1, -0.05) is 11.3 Å². The first kappa shape index (κ1) is 8.89. The third kappa shape index (κ3) is 1.51. The molecule has 0 spiro atoms. The van der Waals surface area contributed by atoms with Gasteiger partial charge in [-0.2, -0.15) is 0 Å². The van der Waals surface area contributed by atoms with Crippen LogP contribution in [0, 0.1) is 6.92 Å². The second-order valence-electron chi connectivity index (χ2n) is 2.80. The minimum Gasteiger partial charge on any atom is -0.384 e. The number of nitrogen functional groups attached to an aromatic ring is 2. The fourth-order valence-corrected chi connectivity index (χ4v) is 1.80. The van der Waals surface area contributed by atoms with Crippen LogP contribution in [0.15, 0.2) is 12.1 Å². The van der Waals surface area contributed by atoms with Crippen LogP contribution in [0.3, 0.4) is 0 Å². The molecule has 0 saturated heterocycles. The largest absolute Gasteiger partial charge is 0.384 e. The summed E-state index contributed by atoms with van der Waals surface area (Å²) in [5.41, 5.74) is 12.0. The van der Waals surface area contributed by atoms with E-state index in [2.05, 4.69) is 15.2 Å². The maximum Gasteiger partial charge on any atom is 0.151 e. The van der Waals surface area contributed by atoms with E-state index in [9.17, 15) is 0 Å². The van der Waals surface area contributed by atoms with Gasteiger partial charge in [-0.05, 0) is 19.1 Å². The Bertz CT molecular complexity index is 465. The van der Waals surface area contributed by atoms with Gasteiger partial charge in [-0.3, -0.25) is 0 Å². The minimum atomic E-state index is 0.390. The van der Waals surface area contributed by atoms with Crippen LogP contribution >= 0.6 is 11.3 Å². The Morgan fingerprint density at radius 2 is 2.00 bits per heavy atom. The molecule has 0 aliphatic carbocycles. The van der Waals surface area contributed by atoms with Crippen molar-refractivity contribution in [2.75, 3.05) is 11.5 Å². The lowest BCUT2D eigenvalue weighted by molar-refractivity contribution is 1.05. The molecule has 4 N–H and O–H groups in total. The number of aromatic nitrogens is 3. The van der Waals surface area contributed by atoms with Crippen molar-refractivity contribution in [1.29, 1.82) is 0 Å². The van der Waals surface area contributed by atoms with Gasteiger partial charge in [0.05, 0.1) is 5.56 Å². The number of hydrogen-bond acceptors (Lipinski definition) is 6. The lowest BCUT2D eigenvalue weighted by atomic mass is 10.2. The third-order valence-corrected chi connectivity index (χ3v) is 2.57. The van der Waals surface area contributed by atoms with Gasteiger partial charge in [-0.15, -0.1) is 10.2 Å². The summed E-state index contributed by atoms with van der Waals surface area (Å²) in [7, 11) is 0. The second kappa shape index (κ2) is 3.22. The van der Waals surface area contributed by atoms with Gasteiger partial charge in [0.25, 0.3) is 0 Å². The van der Waals surface area contributed by atoms with Gasteiger partial charge in [-0.25, -0.2) is 4.98 Å². The molecule has 2 aromatic rings. The van der Waals surface area contributed by atoms with Crippen molar-refractivity contribution in [2.45, 2.75) is 6.92 Å². The summed E-state index contributed by atoms with van der Waals surface area (Å²) < 4.78 is 0. The smallest absolute Gasteiger partial charge is 0.151 e. The van der Waals surface area contributed by atoms with E-state index in [-0.39, 0.29) is 0 Å². The lowest BCUT2D eigenvalue weighted by Crippen LogP contribution is -1.97. The lowest BCUT2D eigenvalue weighted by Gasteiger charge is -2.00. The highest BCUT2D eigenvalue weighted by Crippen LogP contribution is 2.27. The molecule has 2 heterocycles. The molecule has 0 aliphatic rings. The summed E-state index contributed by atoms with van der Waals surface area (Å²) in [6.45, 7) is 1.89. The highest BCUT2D eigenvalue weighted by molar-refractivity contribution is 7.14. The first-order valence-electron chi connectivity index (χ1n) is 3.99. The Balaban J connectivity index is 2.52. The van der Waals surface area contributed by atoms with E-state index in [1.165, 1.54) is 11.3 Å². The Labute approximate surface area is 84.8 Å². The van der Waals surface area contributed by atoms with Gasteiger partial charge < -0.3 is 11.5 Å². The molecular formula is C8H9N5S. The molecule has 0 unspecified atom stereocenters. The van der Waals surface area contributed by atoms with Crippen molar-refractivity contribution in [2.24, 2.45) is 0 Å². The van der Waals surface area contributed by atoms with Gasteiger partial charge in [0.2, 0.25) is 0 Å². The zero-order valence-electron chi connectivity index (χ0n) is 7.56. The summed E-state index contributed by atoms with van der Waals surface area (Å²) in [5, 5.41) is 9.56. The monoisotopic (exact) mass is 207 g/mol. The first-order valence-corrected chi connectivity index (χ1v) is 4.81. The van der Waals surface area contributed by atoms with Crippen molar-refractivity contribution < 1.29 is 0 Å². The molecule has 0 aromatic carbocycles. The predicted octanol–water partition coefficient (Wildman–Crippen LogP) is 1.07. The second-order valence-corrected chi connectivity index (χ2v) is 3.98. The van der Waals surface area contributed by atoms with E-state index in [1.54, 1.807) is 12.1 Å². The highest BCUT2D eigenvalue weighted by atomic mass is 32.1. The Morgan fingerprint density at radius 3 is 2.57 bits per heavy atom. The maximum absolute atomic E-state index is 5.71. The van der Waals surface area contributed by atoms with Crippen LogP contribution in [0.4, 0.5) is 11.6 Å². The minimum absolute atomic E-state index is 0.390. The van der Waals surface area contributed by atoms with E-state index >= 15 is 0 Å². The zero-order chi connectivity index (χ0) is 10.1.